The molecular weight excluding hydrogens is 364 g/mol. The molecule has 2 amide bonds. The topological polar surface area (TPSA) is 71.3 Å². The molecule has 4 aromatic rings. The Balaban J connectivity index is 1.51. The maximum absolute atomic E-state index is 12.3. The molecule has 0 aliphatic heterocycles. The molecule has 2 N–H and O–H groups in total. The Kier molecular flexibility index (Phi) is 4.52. The molecule has 0 spiro atoms. The maximum atomic E-state index is 12.3. The number of halogens is 1. The molecule has 0 bridgehead atoms. The van der Waals surface area contributed by atoms with E-state index in [0.717, 1.165) is 27.3 Å². The number of amides is 2. The summed E-state index contributed by atoms with van der Waals surface area (Å²) in [5.74, 6) is -0.831. The van der Waals surface area contributed by atoms with Gasteiger partial charge in [0.1, 0.15) is 5.58 Å². The van der Waals surface area contributed by atoms with Gasteiger partial charge in [0.2, 0.25) is 5.91 Å². The van der Waals surface area contributed by atoms with E-state index in [0.29, 0.717) is 10.6 Å². The van der Waals surface area contributed by atoms with Crippen LogP contribution in [0.3, 0.4) is 0 Å². The standard InChI is InChI=1S/C21H15ClN2O3/c22-17-8-4-3-7-16(17)21(26)24-23-19(25)11-14-12-27-18-10-9-13-5-1-2-6-15(13)20(14)18/h1-10,12H,11H2,(H,23,25)(H,24,26). The van der Waals surface area contributed by atoms with Crippen LogP contribution in [0.1, 0.15) is 15.9 Å². The second kappa shape index (κ2) is 7.13. The lowest BCUT2D eigenvalue weighted by Crippen LogP contribution is -2.42. The highest BCUT2D eigenvalue weighted by Crippen LogP contribution is 2.30. The number of furan rings is 1. The fraction of sp³-hybridized carbons (Fsp3) is 0.0476. The Bertz CT molecular complexity index is 1170. The number of nitrogens with one attached hydrogen (secondary N) is 2. The van der Waals surface area contributed by atoms with E-state index in [2.05, 4.69) is 10.9 Å². The van der Waals surface area contributed by atoms with Gasteiger partial charge in [-0.15, -0.1) is 0 Å². The van der Waals surface area contributed by atoms with E-state index in [4.69, 9.17) is 16.0 Å². The third-order valence-electron chi connectivity index (χ3n) is 4.33. The van der Waals surface area contributed by atoms with Gasteiger partial charge in [0.25, 0.3) is 5.91 Å². The van der Waals surface area contributed by atoms with E-state index in [1.807, 2.05) is 36.4 Å². The lowest BCUT2D eigenvalue weighted by Gasteiger charge is -2.08. The second-order valence-corrected chi connectivity index (χ2v) is 6.49. The molecule has 6 heteroatoms. The average Bonchev–Trinajstić information content (AvgIpc) is 3.10. The largest absolute Gasteiger partial charge is 0.464 e. The summed E-state index contributed by atoms with van der Waals surface area (Å²) in [4.78, 5) is 24.4. The molecule has 0 unspecified atom stereocenters. The van der Waals surface area contributed by atoms with Crippen molar-refractivity contribution in [3.63, 3.8) is 0 Å². The Morgan fingerprint density at radius 1 is 0.926 bits per heavy atom. The molecule has 0 atom stereocenters. The van der Waals surface area contributed by atoms with Crippen molar-refractivity contribution in [2.45, 2.75) is 6.42 Å². The highest BCUT2D eigenvalue weighted by atomic mass is 35.5. The zero-order chi connectivity index (χ0) is 18.8. The van der Waals surface area contributed by atoms with Crippen LogP contribution in [0.4, 0.5) is 0 Å². The van der Waals surface area contributed by atoms with Gasteiger partial charge in [-0.25, -0.2) is 0 Å². The van der Waals surface area contributed by atoms with Crippen LogP contribution >= 0.6 is 11.6 Å². The van der Waals surface area contributed by atoms with E-state index in [9.17, 15) is 9.59 Å². The predicted molar refractivity (Wildman–Crippen MR) is 104 cm³/mol. The molecule has 5 nitrogen and oxygen atoms in total. The molecule has 1 heterocycles. The van der Waals surface area contributed by atoms with E-state index in [1.165, 1.54) is 0 Å². The lowest BCUT2D eigenvalue weighted by atomic mass is 10.0. The van der Waals surface area contributed by atoms with Gasteiger partial charge in [-0.05, 0) is 29.0 Å². The Hall–Kier alpha value is -3.31. The molecule has 1 aromatic heterocycles. The first-order valence-corrected chi connectivity index (χ1v) is 8.73. The number of fused-ring (bicyclic) bond motifs is 3. The molecule has 4 rings (SSSR count). The minimum absolute atomic E-state index is 0.0732. The molecular formula is C21H15ClN2O3. The van der Waals surface area contributed by atoms with Gasteiger partial charge in [0.15, 0.2) is 0 Å². The third kappa shape index (κ3) is 3.37. The lowest BCUT2D eigenvalue weighted by molar-refractivity contribution is -0.121. The minimum Gasteiger partial charge on any atom is -0.464 e. The van der Waals surface area contributed by atoms with Crippen molar-refractivity contribution in [3.05, 3.63) is 83.1 Å². The molecule has 0 fully saturated rings. The third-order valence-corrected chi connectivity index (χ3v) is 4.65. The van der Waals surface area contributed by atoms with Crippen molar-refractivity contribution >= 4 is 45.2 Å². The second-order valence-electron chi connectivity index (χ2n) is 6.08. The summed E-state index contributed by atoms with van der Waals surface area (Å²) in [6.45, 7) is 0. The van der Waals surface area contributed by atoms with E-state index < -0.39 is 5.91 Å². The van der Waals surface area contributed by atoms with Gasteiger partial charge in [-0.2, -0.15) is 0 Å². The molecule has 27 heavy (non-hydrogen) atoms. The zero-order valence-electron chi connectivity index (χ0n) is 14.2. The summed E-state index contributed by atoms with van der Waals surface area (Å²) in [6, 6.07) is 18.4. The van der Waals surface area contributed by atoms with Crippen LogP contribution in [0.15, 0.2) is 71.3 Å². The minimum atomic E-state index is -0.476. The first-order chi connectivity index (χ1) is 13.1. The fourth-order valence-corrected chi connectivity index (χ4v) is 3.28. The monoisotopic (exact) mass is 378 g/mol. The van der Waals surface area contributed by atoms with Crippen molar-refractivity contribution in [2.75, 3.05) is 0 Å². The summed E-state index contributed by atoms with van der Waals surface area (Å²) >= 11 is 5.98. The summed E-state index contributed by atoms with van der Waals surface area (Å²) in [7, 11) is 0. The molecule has 0 radical (unpaired) electrons. The van der Waals surface area contributed by atoms with Gasteiger partial charge in [0.05, 0.1) is 23.3 Å². The molecule has 0 aliphatic rings. The Morgan fingerprint density at radius 2 is 1.70 bits per heavy atom. The summed E-state index contributed by atoms with van der Waals surface area (Å²) in [5, 5.41) is 3.31. The number of hydrogen-bond donors (Lipinski definition) is 2. The fourth-order valence-electron chi connectivity index (χ4n) is 3.06. The molecule has 134 valence electrons. The van der Waals surface area contributed by atoms with Crippen LogP contribution in [-0.2, 0) is 11.2 Å². The van der Waals surface area contributed by atoms with Crippen LogP contribution in [0, 0.1) is 0 Å². The van der Waals surface area contributed by atoms with Gasteiger partial charge in [-0.1, -0.05) is 54.1 Å². The van der Waals surface area contributed by atoms with Crippen LogP contribution in [-0.4, -0.2) is 11.8 Å². The molecule has 3 aromatic carbocycles. The van der Waals surface area contributed by atoms with Crippen LogP contribution in [0.5, 0.6) is 0 Å². The van der Waals surface area contributed by atoms with Crippen LogP contribution < -0.4 is 10.9 Å². The highest BCUT2D eigenvalue weighted by molar-refractivity contribution is 6.33. The Labute approximate surface area is 159 Å². The summed E-state index contributed by atoms with van der Waals surface area (Å²) < 4.78 is 5.58. The number of carbonyl (C=O) groups excluding carboxylic acids is 2. The van der Waals surface area contributed by atoms with Crippen LogP contribution in [0.25, 0.3) is 21.7 Å². The first kappa shape index (κ1) is 17.1. The van der Waals surface area contributed by atoms with Crippen LogP contribution in [0.2, 0.25) is 5.02 Å². The van der Waals surface area contributed by atoms with E-state index in [-0.39, 0.29) is 12.3 Å². The molecule has 0 aliphatic carbocycles. The van der Waals surface area contributed by atoms with Gasteiger partial charge in [-0.3, -0.25) is 20.4 Å². The highest BCUT2D eigenvalue weighted by Gasteiger charge is 2.15. The zero-order valence-corrected chi connectivity index (χ0v) is 14.9. The van der Waals surface area contributed by atoms with Crippen molar-refractivity contribution in [3.8, 4) is 0 Å². The smallest absolute Gasteiger partial charge is 0.271 e. The first-order valence-electron chi connectivity index (χ1n) is 8.35. The van der Waals surface area contributed by atoms with E-state index >= 15 is 0 Å². The quantitative estimate of drug-likeness (QED) is 0.524. The number of benzene rings is 3. The Morgan fingerprint density at radius 3 is 2.56 bits per heavy atom. The van der Waals surface area contributed by atoms with Crippen molar-refractivity contribution in [1.29, 1.82) is 0 Å². The number of hydrogen-bond acceptors (Lipinski definition) is 3. The maximum Gasteiger partial charge on any atom is 0.271 e. The summed E-state index contributed by atoms with van der Waals surface area (Å²) in [5.41, 5.74) is 6.57. The van der Waals surface area contributed by atoms with Crippen molar-refractivity contribution < 1.29 is 14.0 Å². The predicted octanol–water partition coefficient (Wildman–Crippen LogP) is 4.24. The number of hydrazine groups is 1. The van der Waals surface area contributed by atoms with Gasteiger partial charge in [0, 0.05) is 10.9 Å². The summed E-state index contributed by atoms with van der Waals surface area (Å²) in [6.07, 6.45) is 1.65. The number of rotatable bonds is 3. The van der Waals surface area contributed by atoms with Gasteiger partial charge >= 0.3 is 0 Å². The van der Waals surface area contributed by atoms with Crippen molar-refractivity contribution in [2.24, 2.45) is 0 Å². The molecule has 0 saturated heterocycles. The average molecular weight is 379 g/mol. The molecule has 0 saturated carbocycles. The van der Waals surface area contributed by atoms with E-state index in [1.54, 1.807) is 30.5 Å². The van der Waals surface area contributed by atoms with Crippen molar-refractivity contribution in [1.82, 2.24) is 10.9 Å². The van der Waals surface area contributed by atoms with Gasteiger partial charge < -0.3 is 4.42 Å². The SMILES string of the molecule is O=C(Cc1coc2ccc3ccccc3c12)NNC(=O)c1ccccc1Cl. The normalized spacial score (nSPS) is 10.9. The number of carbonyl (C=O) groups is 2.